The number of benzene rings is 3. The molecular formula is C25H16N2S. The second-order valence-corrected chi connectivity index (χ2v) is 7.86. The molecule has 6 aromatic rings. The van der Waals surface area contributed by atoms with Crippen LogP contribution in [0.5, 0.6) is 0 Å². The number of hydrogen-bond donors (Lipinski definition) is 0. The first-order valence-electron chi connectivity index (χ1n) is 9.31. The molecule has 0 saturated carbocycles. The van der Waals surface area contributed by atoms with Gasteiger partial charge in [-0.05, 0) is 35.7 Å². The molecule has 28 heavy (non-hydrogen) atoms. The van der Waals surface area contributed by atoms with Crippen LogP contribution in [0.15, 0.2) is 96.5 Å². The zero-order chi connectivity index (χ0) is 18.5. The van der Waals surface area contributed by atoms with Crippen molar-refractivity contribution in [1.82, 2.24) is 9.55 Å². The number of rotatable bonds is 2. The van der Waals surface area contributed by atoms with Crippen molar-refractivity contribution in [3.63, 3.8) is 0 Å². The number of aromatic nitrogens is 2. The molecule has 132 valence electrons. The summed E-state index contributed by atoms with van der Waals surface area (Å²) in [5.74, 6) is 0. The predicted molar refractivity (Wildman–Crippen MR) is 119 cm³/mol. The highest BCUT2D eigenvalue weighted by atomic mass is 32.1. The van der Waals surface area contributed by atoms with Gasteiger partial charge >= 0.3 is 0 Å². The molecule has 3 aromatic heterocycles. The Kier molecular flexibility index (Phi) is 3.37. The van der Waals surface area contributed by atoms with Crippen LogP contribution in [-0.2, 0) is 0 Å². The second kappa shape index (κ2) is 6.04. The number of fused-ring (bicyclic) bond motifs is 5. The standard InChI is InChI=1S/C25H16N2S/c1-2-6-17(7-3-1)22-12-10-18(16-26-22)27-23-9-5-4-8-19(23)20-11-13-24-21(25(20)27)14-15-28-24/h1-16H. The summed E-state index contributed by atoms with van der Waals surface area (Å²) in [5.41, 5.74) is 5.69. The SMILES string of the molecule is c1ccc(-c2ccc(-n3c4ccccc4c4ccc5sccc5c43)cn2)cc1. The molecule has 2 nitrogen and oxygen atoms in total. The first kappa shape index (κ1) is 15.6. The Morgan fingerprint density at radius 3 is 2.39 bits per heavy atom. The van der Waals surface area contributed by atoms with Gasteiger partial charge in [0.15, 0.2) is 0 Å². The van der Waals surface area contributed by atoms with Gasteiger partial charge in [0.25, 0.3) is 0 Å². The number of pyridine rings is 1. The molecule has 0 aliphatic heterocycles. The minimum Gasteiger partial charge on any atom is -0.307 e. The Balaban J connectivity index is 1.66. The average molecular weight is 376 g/mol. The zero-order valence-corrected chi connectivity index (χ0v) is 15.9. The second-order valence-electron chi connectivity index (χ2n) is 6.91. The molecule has 3 heterocycles. The van der Waals surface area contributed by atoms with E-state index in [4.69, 9.17) is 4.98 Å². The van der Waals surface area contributed by atoms with Gasteiger partial charge in [0.1, 0.15) is 0 Å². The van der Waals surface area contributed by atoms with Gasteiger partial charge in [0.05, 0.1) is 28.6 Å². The molecule has 0 aliphatic rings. The van der Waals surface area contributed by atoms with Crippen LogP contribution < -0.4 is 0 Å². The lowest BCUT2D eigenvalue weighted by molar-refractivity contribution is 1.15. The van der Waals surface area contributed by atoms with Gasteiger partial charge in [-0.2, -0.15) is 0 Å². The van der Waals surface area contributed by atoms with E-state index in [9.17, 15) is 0 Å². The molecule has 3 aromatic carbocycles. The predicted octanol–water partition coefficient (Wildman–Crippen LogP) is 7.06. The summed E-state index contributed by atoms with van der Waals surface area (Å²) >= 11 is 1.79. The van der Waals surface area contributed by atoms with Crippen molar-refractivity contribution in [3.8, 4) is 16.9 Å². The monoisotopic (exact) mass is 376 g/mol. The van der Waals surface area contributed by atoms with E-state index in [1.807, 2.05) is 24.4 Å². The summed E-state index contributed by atoms with van der Waals surface area (Å²) in [7, 11) is 0. The molecule has 0 saturated heterocycles. The summed E-state index contributed by atoms with van der Waals surface area (Å²) in [6.45, 7) is 0. The van der Waals surface area contributed by atoms with Crippen molar-refractivity contribution in [1.29, 1.82) is 0 Å². The van der Waals surface area contributed by atoms with Crippen molar-refractivity contribution < 1.29 is 0 Å². The smallest absolute Gasteiger partial charge is 0.0703 e. The first-order valence-corrected chi connectivity index (χ1v) is 10.2. The number of para-hydroxylation sites is 1. The van der Waals surface area contributed by atoms with Crippen molar-refractivity contribution >= 4 is 43.2 Å². The van der Waals surface area contributed by atoms with E-state index in [2.05, 4.69) is 76.7 Å². The summed E-state index contributed by atoms with van der Waals surface area (Å²) < 4.78 is 3.66. The van der Waals surface area contributed by atoms with E-state index in [1.54, 1.807) is 11.3 Å². The van der Waals surface area contributed by atoms with Crippen LogP contribution >= 0.6 is 11.3 Å². The van der Waals surface area contributed by atoms with Crippen LogP contribution in [0.4, 0.5) is 0 Å². The third-order valence-electron chi connectivity index (χ3n) is 5.34. The molecule has 0 aliphatic carbocycles. The summed E-state index contributed by atoms with van der Waals surface area (Å²) in [4.78, 5) is 4.77. The molecule has 0 atom stereocenters. The van der Waals surface area contributed by atoms with Crippen molar-refractivity contribution in [2.24, 2.45) is 0 Å². The van der Waals surface area contributed by atoms with E-state index >= 15 is 0 Å². The highest BCUT2D eigenvalue weighted by Gasteiger charge is 2.15. The fourth-order valence-corrected chi connectivity index (χ4v) is 4.86. The molecule has 6 rings (SSSR count). The van der Waals surface area contributed by atoms with Crippen LogP contribution in [0, 0.1) is 0 Å². The van der Waals surface area contributed by atoms with Gasteiger partial charge in [0.2, 0.25) is 0 Å². The Morgan fingerprint density at radius 1 is 0.679 bits per heavy atom. The largest absolute Gasteiger partial charge is 0.307 e. The van der Waals surface area contributed by atoms with E-state index < -0.39 is 0 Å². The minimum atomic E-state index is 0.991. The Bertz CT molecular complexity index is 1440. The van der Waals surface area contributed by atoms with Crippen LogP contribution in [0.2, 0.25) is 0 Å². The zero-order valence-electron chi connectivity index (χ0n) is 15.0. The molecule has 0 spiro atoms. The molecule has 0 bridgehead atoms. The van der Waals surface area contributed by atoms with Crippen molar-refractivity contribution in [2.75, 3.05) is 0 Å². The maximum atomic E-state index is 4.77. The van der Waals surface area contributed by atoms with Crippen LogP contribution in [0.25, 0.3) is 48.8 Å². The average Bonchev–Trinajstić information content (AvgIpc) is 3.37. The topological polar surface area (TPSA) is 17.8 Å². The molecule has 0 N–H and O–H groups in total. The van der Waals surface area contributed by atoms with Gasteiger partial charge in [-0.25, -0.2) is 0 Å². The normalized spacial score (nSPS) is 11.6. The quantitative estimate of drug-likeness (QED) is 0.316. The fourth-order valence-electron chi connectivity index (χ4n) is 4.07. The van der Waals surface area contributed by atoms with E-state index in [-0.39, 0.29) is 0 Å². The molecule has 3 heteroatoms. The minimum absolute atomic E-state index is 0.991. The summed E-state index contributed by atoms with van der Waals surface area (Å²) in [6, 6.07) is 29.9. The van der Waals surface area contributed by atoms with Crippen molar-refractivity contribution in [3.05, 3.63) is 96.5 Å². The lowest BCUT2D eigenvalue weighted by Crippen LogP contribution is -1.95. The number of nitrogens with zero attached hydrogens (tertiary/aromatic N) is 2. The fraction of sp³-hybridized carbons (Fsp3) is 0. The van der Waals surface area contributed by atoms with Gasteiger partial charge in [0, 0.05) is 26.4 Å². The Morgan fingerprint density at radius 2 is 1.54 bits per heavy atom. The first-order chi connectivity index (χ1) is 13.9. The van der Waals surface area contributed by atoms with Gasteiger partial charge in [-0.3, -0.25) is 4.98 Å². The van der Waals surface area contributed by atoms with Gasteiger partial charge < -0.3 is 4.57 Å². The highest BCUT2D eigenvalue weighted by Crippen LogP contribution is 2.38. The van der Waals surface area contributed by atoms with Crippen LogP contribution in [-0.4, -0.2) is 9.55 Å². The van der Waals surface area contributed by atoms with Crippen molar-refractivity contribution in [2.45, 2.75) is 0 Å². The van der Waals surface area contributed by atoms with E-state index in [1.165, 1.54) is 31.9 Å². The van der Waals surface area contributed by atoms with Gasteiger partial charge in [-0.1, -0.05) is 54.6 Å². The third kappa shape index (κ3) is 2.23. The summed E-state index contributed by atoms with van der Waals surface area (Å²) in [5, 5.41) is 6.03. The Hall–Kier alpha value is -3.43. The van der Waals surface area contributed by atoms with Gasteiger partial charge in [-0.15, -0.1) is 11.3 Å². The van der Waals surface area contributed by atoms with E-state index in [0.29, 0.717) is 0 Å². The van der Waals surface area contributed by atoms with E-state index in [0.717, 1.165) is 16.9 Å². The number of thiophene rings is 1. The molecule has 0 amide bonds. The third-order valence-corrected chi connectivity index (χ3v) is 6.22. The van der Waals surface area contributed by atoms with Crippen LogP contribution in [0.1, 0.15) is 0 Å². The highest BCUT2D eigenvalue weighted by molar-refractivity contribution is 7.17. The molecule has 0 unspecified atom stereocenters. The molecular weight excluding hydrogens is 360 g/mol. The van der Waals surface area contributed by atoms with Crippen LogP contribution in [0.3, 0.4) is 0 Å². The maximum absolute atomic E-state index is 4.77. The number of hydrogen-bond acceptors (Lipinski definition) is 2. The summed E-state index contributed by atoms with van der Waals surface area (Å²) in [6.07, 6.45) is 1.99. The Labute approximate surface area is 166 Å². The molecule has 0 radical (unpaired) electrons. The molecule has 0 fully saturated rings. The lowest BCUT2D eigenvalue weighted by atomic mass is 10.1. The lowest BCUT2D eigenvalue weighted by Gasteiger charge is -2.09. The maximum Gasteiger partial charge on any atom is 0.0703 e.